The largest absolute Gasteiger partial charge is 0.457 e. The summed E-state index contributed by atoms with van der Waals surface area (Å²) in [6.07, 6.45) is 4.87. The molecule has 4 heterocycles. The van der Waals surface area contributed by atoms with Crippen LogP contribution in [0.25, 0.3) is 17.4 Å². The van der Waals surface area contributed by atoms with Crippen molar-refractivity contribution in [3.63, 3.8) is 0 Å². The number of nitrogens with one attached hydrogen (secondary N) is 1. The Bertz CT molecular complexity index is 1210. The molecule has 1 amide bonds. The highest BCUT2D eigenvalue weighted by Gasteiger charge is 2.37. The van der Waals surface area contributed by atoms with Gasteiger partial charge in [-0.3, -0.25) is 20.3 Å². The number of hydrazone groups is 1. The van der Waals surface area contributed by atoms with Crippen LogP contribution in [0.3, 0.4) is 0 Å². The average molecular weight is 450 g/mol. The second-order valence-corrected chi connectivity index (χ2v) is 8.39. The first kappa shape index (κ1) is 20.2. The molecule has 1 saturated heterocycles. The number of fused-ring (bicyclic) bond motifs is 1. The highest BCUT2D eigenvalue weighted by Crippen LogP contribution is 2.31. The van der Waals surface area contributed by atoms with Crippen molar-refractivity contribution in [3.05, 3.63) is 57.8 Å². The van der Waals surface area contributed by atoms with E-state index in [1.807, 2.05) is 0 Å². The molecule has 10 nitrogen and oxygen atoms in total. The van der Waals surface area contributed by atoms with Gasteiger partial charge in [0.25, 0.3) is 11.6 Å². The number of nitro benzene ring substituents is 1. The molecule has 0 unspecified atom stereocenters. The van der Waals surface area contributed by atoms with E-state index in [1.165, 1.54) is 41.4 Å². The van der Waals surface area contributed by atoms with Gasteiger partial charge in [0.15, 0.2) is 11.0 Å². The number of nitro groups is 1. The first-order valence-electron chi connectivity index (χ1n) is 10.1. The molecule has 0 radical (unpaired) electrons. The fourth-order valence-corrected chi connectivity index (χ4v) is 4.61. The Kier molecular flexibility index (Phi) is 5.10. The van der Waals surface area contributed by atoms with Crippen molar-refractivity contribution < 1.29 is 14.1 Å². The molecular weight excluding hydrogens is 432 g/mol. The molecule has 1 aromatic heterocycles. The van der Waals surface area contributed by atoms with Gasteiger partial charge in [-0.15, -0.1) is 5.10 Å². The standard InChI is InChI=1S/C21H18N6O4S/c22-18-16(12-15-8-9-17(31-15)13-4-6-14(7-5-13)27(29)30)19(28)23-20-26(18)24-21(32-20)25-10-2-1-3-11-25/h4-9,12,22H,1-3,10-11H2/b16-12-,22-18?. The molecule has 5 rings (SSSR count). The topological polar surface area (TPSA) is 128 Å². The van der Waals surface area contributed by atoms with Gasteiger partial charge in [0.05, 0.1) is 10.5 Å². The van der Waals surface area contributed by atoms with E-state index in [9.17, 15) is 14.9 Å². The van der Waals surface area contributed by atoms with Crippen LogP contribution >= 0.6 is 11.8 Å². The van der Waals surface area contributed by atoms with Crippen LogP contribution in [0.4, 0.5) is 5.69 Å². The quantitative estimate of drug-likeness (QED) is 0.426. The van der Waals surface area contributed by atoms with Crippen LogP contribution in [-0.4, -0.2) is 50.0 Å². The lowest BCUT2D eigenvalue weighted by Gasteiger charge is -2.26. The number of amidine groups is 3. The fourth-order valence-electron chi connectivity index (χ4n) is 3.67. The summed E-state index contributed by atoms with van der Waals surface area (Å²) in [4.78, 5) is 29.2. The van der Waals surface area contributed by atoms with Crippen LogP contribution in [0.1, 0.15) is 25.0 Å². The number of amides is 1. The molecule has 0 bridgehead atoms. The molecule has 1 fully saturated rings. The molecule has 0 atom stereocenters. The molecule has 3 aliphatic heterocycles. The zero-order chi connectivity index (χ0) is 22.2. The molecule has 11 heteroatoms. The summed E-state index contributed by atoms with van der Waals surface area (Å²) >= 11 is 1.31. The number of benzene rings is 1. The molecule has 32 heavy (non-hydrogen) atoms. The van der Waals surface area contributed by atoms with Gasteiger partial charge in [-0.2, -0.15) is 10.0 Å². The lowest BCUT2D eigenvalue weighted by Crippen LogP contribution is -2.35. The summed E-state index contributed by atoms with van der Waals surface area (Å²) in [7, 11) is 0. The van der Waals surface area contributed by atoms with Gasteiger partial charge in [-0.05, 0) is 61.4 Å². The number of hydrogen-bond donors (Lipinski definition) is 1. The van der Waals surface area contributed by atoms with E-state index >= 15 is 0 Å². The number of carbonyl (C=O) groups is 1. The highest BCUT2D eigenvalue weighted by molar-refractivity contribution is 8.26. The molecular formula is C21H18N6O4S. The van der Waals surface area contributed by atoms with Crippen LogP contribution in [0.15, 0.2) is 56.5 Å². The minimum atomic E-state index is -0.517. The second-order valence-electron chi connectivity index (χ2n) is 7.46. The number of rotatable bonds is 3. The summed E-state index contributed by atoms with van der Waals surface area (Å²) in [6, 6.07) is 9.36. The van der Waals surface area contributed by atoms with E-state index in [0.29, 0.717) is 22.3 Å². The van der Waals surface area contributed by atoms with Gasteiger partial charge in [-0.25, -0.2) is 0 Å². The first-order chi connectivity index (χ1) is 15.5. The Hall–Kier alpha value is -3.73. The molecule has 0 saturated carbocycles. The third-order valence-corrected chi connectivity index (χ3v) is 6.32. The van der Waals surface area contributed by atoms with E-state index in [-0.39, 0.29) is 17.1 Å². The number of thioether (sulfide) groups is 1. The second kappa shape index (κ2) is 8.08. The Morgan fingerprint density at radius 1 is 1.09 bits per heavy atom. The van der Waals surface area contributed by atoms with Gasteiger partial charge < -0.3 is 9.32 Å². The van der Waals surface area contributed by atoms with Crippen molar-refractivity contribution in [3.8, 4) is 11.3 Å². The monoisotopic (exact) mass is 450 g/mol. The lowest BCUT2D eigenvalue weighted by atomic mass is 10.1. The Morgan fingerprint density at radius 3 is 2.56 bits per heavy atom. The number of nitrogens with zero attached hydrogens (tertiary/aromatic N) is 5. The third-order valence-electron chi connectivity index (χ3n) is 5.35. The Morgan fingerprint density at radius 2 is 1.84 bits per heavy atom. The molecule has 2 aromatic rings. The molecule has 0 aliphatic carbocycles. The van der Waals surface area contributed by atoms with Crippen molar-refractivity contribution in [1.82, 2.24) is 9.91 Å². The van der Waals surface area contributed by atoms with Crippen LogP contribution in [0.5, 0.6) is 0 Å². The molecule has 3 aliphatic rings. The number of carbonyl (C=O) groups excluding carboxylic acids is 1. The first-order valence-corrected chi connectivity index (χ1v) is 10.9. The van der Waals surface area contributed by atoms with Gasteiger partial charge in [0, 0.05) is 30.8 Å². The zero-order valence-corrected chi connectivity index (χ0v) is 17.7. The van der Waals surface area contributed by atoms with E-state index in [1.54, 1.807) is 24.3 Å². The summed E-state index contributed by atoms with van der Waals surface area (Å²) in [5.74, 6) is 0.301. The zero-order valence-electron chi connectivity index (χ0n) is 16.9. The maximum absolute atomic E-state index is 12.6. The average Bonchev–Trinajstić information content (AvgIpc) is 3.45. The van der Waals surface area contributed by atoms with E-state index in [2.05, 4.69) is 15.0 Å². The summed E-state index contributed by atoms with van der Waals surface area (Å²) in [6.45, 7) is 1.82. The van der Waals surface area contributed by atoms with Crippen LogP contribution < -0.4 is 0 Å². The summed E-state index contributed by atoms with van der Waals surface area (Å²) in [5.41, 5.74) is 0.741. The predicted molar refractivity (Wildman–Crippen MR) is 121 cm³/mol. The van der Waals surface area contributed by atoms with E-state index in [0.717, 1.165) is 31.1 Å². The van der Waals surface area contributed by atoms with Gasteiger partial charge in [0.2, 0.25) is 5.17 Å². The van der Waals surface area contributed by atoms with Crippen molar-refractivity contribution in [2.24, 2.45) is 10.1 Å². The van der Waals surface area contributed by atoms with Gasteiger partial charge in [-0.1, -0.05) is 0 Å². The van der Waals surface area contributed by atoms with Crippen molar-refractivity contribution in [1.29, 1.82) is 5.41 Å². The summed E-state index contributed by atoms with van der Waals surface area (Å²) in [5, 5.41) is 26.4. The SMILES string of the molecule is N=C1/C(=C/c2ccc(-c3ccc([N+](=O)[O-])cc3)o2)C(=O)N=C2SC(N3CCCCC3)=NN12. The van der Waals surface area contributed by atoms with Crippen LogP contribution in [0, 0.1) is 15.5 Å². The number of furan rings is 1. The van der Waals surface area contributed by atoms with Crippen molar-refractivity contribution >= 4 is 45.6 Å². The third kappa shape index (κ3) is 3.71. The number of non-ortho nitro benzene ring substituents is 1. The highest BCUT2D eigenvalue weighted by atomic mass is 32.2. The maximum Gasteiger partial charge on any atom is 0.283 e. The normalized spacial score (nSPS) is 19.8. The van der Waals surface area contributed by atoms with Crippen molar-refractivity contribution in [2.75, 3.05) is 13.1 Å². The number of hydrogen-bond acceptors (Lipinski definition) is 8. The van der Waals surface area contributed by atoms with E-state index < -0.39 is 10.8 Å². The van der Waals surface area contributed by atoms with Gasteiger partial charge >= 0.3 is 0 Å². The molecule has 1 aromatic carbocycles. The molecule has 162 valence electrons. The van der Waals surface area contributed by atoms with Crippen molar-refractivity contribution in [2.45, 2.75) is 19.3 Å². The molecule has 0 spiro atoms. The minimum Gasteiger partial charge on any atom is -0.457 e. The van der Waals surface area contributed by atoms with Crippen LogP contribution in [0.2, 0.25) is 0 Å². The number of aliphatic imine (C=N–C) groups is 1. The van der Waals surface area contributed by atoms with E-state index in [4.69, 9.17) is 9.83 Å². The number of likely N-dealkylation sites (tertiary alicyclic amines) is 1. The fraction of sp³-hybridized carbons (Fsp3) is 0.238. The van der Waals surface area contributed by atoms with Crippen LogP contribution in [-0.2, 0) is 4.79 Å². The summed E-state index contributed by atoms with van der Waals surface area (Å²) < 4.78 is 5.79. The Labute approximate surface area is 186 Å². The lowest BCUT2D eigenvalue weighted by molar-refractivity contribution is -0.384. The molecule has 1 N–H and O–H groups in total. The smallest absolute Gasteiger partial charge is 0.283 e. The Balaban J connectivity index is 1.38. The number of piperidine rings is 1. The maximum atomic E-state index is 12.6. The predicted octanol–water partition coefficient (Wildman–Crippen LogP) is 3.92. The minimum absolute atomic E-state index is 0.00877. The van der Waals surface area contributed by atoms with Gasteiger partial charge in [0.1, 0.15) is 11.5 Å².